The number of sulfonamides is 1. The molecule has 7 nitrogen and oxygen atoms in total. The number of hydrogen-bond donors (Lipinski definition) is 1. The van der Waals surface area contributed by atoms with Gasteiger partial charge in [-0.15, -0.1) is 0 Å². The zero-order valence-corrected chi connectivity index (χ0v) is 26.5. The molecule has 1 aliphatic rings. The van der Waals surface area contributed by atoms with Crippen LogP contribution in [0.15, 0.2) is 94.3 Å². The highest BCUT2D eigenvalue weighted by Gasteiger charge is 2.32. The number of benzene rings is 3. The summed E-state index contributed by atoms with van der Waals surface area (Å²) in [6.45, 7) is 0.465. The second-order valence-corrected chi connectivity index (χ2v) is 13.9. The fraction of sp³-hybridized carbons (Fsp3) is 0.394. The number of nitrogens with one attached hydrogen (secondary N) is 1. The van der Waals surface area contributed by atoms with Crippen LogP contribution < -0.4 is 5.32 Å². The number of rotatable bonds is 13. The first-order chi connectivity index (χ1) is 20.2. The van der Waals surface area contributed by atoms with Gasteiger partial charge in [0.2, 0.25) is 21.8 Å². The third kappa shape index (κ3) is 8.99. The summed E-state index contributed by atoms with van der Waals surface area (Å²) in [5.41, 5.74) is 1.89. The lowest BCUT2D eigenvalue weighted by atomic mass is 9.94. The zero-order valence-electron chi connectivity index (χ0n) is 24.1. The number of amides is 2. The van der Waals surface area contributed by atoms with Gasteiger partial charge >= 0.3 is 0 Å². The Morgan fingerprint density at radius 2 is 1.50 bits per heavy atom. The molecule has 3 aromatic rings. The largest absolute Gasteiger partial charge is 0.352 e. The van der Waals surface area contributed by atoms with Crippen LogP contribution in [0.3, 0.4) is 0 Å². The van der Waals surface area contributed by atoms with E-state index in [9.17, 15) is 18.0 Å². The van der Waals surface area contributed by atoms with Crippen LogP contribution in [0.4, 0.5) is 0 Å². The molecule has 1 N–H and O–H groups in total. The summed E-state index contributed by atoms with van der Waals surface area (Å²) in [4.78, 5) is 29.7. The molecular formula is C33H40BrN3O4S. The fourth-order valence-corrected chi connectivity index (χ4v) is 6.87. The van der Waals surface area contributed by atoms with E-state index in [1.54, 1.807) is 35.2 Å². The molecule has 0 radical (unpaired) electrons. The quantitative estimate of drug-likeness (QED) is 0.247. The van der Waals surface area contributed by atoms with E-state index in [0.717, 1.165) is 41.3 Å². The minimum Gasteiger partial charge on any atom is -0.352 e. The second-order valence-electron chi connectivity index (χ2n) is 10.9. The van der Waals surface area contributed by atoms with Crippen molar-refractivity contribution < 1.29 is 18.0 Å². The maximum absolute atomic E-state index is 13.9. The average molecular weight is 655 g/mol. The maximum Gasteiger partial charge on any atom is 0.243 e. The van der Waals surface area contributed by atoms with Crippen LogP contribution >= 0.6 is 15.9 Å². The van der Waals surface area contributed by atoms with Gasteiger partial charge in [0.1, 0.15) is 6.04 Å². The highest BCUT2D eigenvalue weighted by Crippen LogP contribution is 2.21. The molecule has 0 heterocycles. The van der Waals surface area contributed by atoms with Crippen molar-refractivity contribution in [1.82, 2.24) is 14.5 Å². The van der Waals surface area contributed by atoms with Gasteiger partial charge in [0.15, 0.2) is 0 Å². The average Bonchev–Trinajstić information content (AvgIpc) is 3.01. The van der Waals surface area contributed by atoms with E-state index >= 15 is 0 Å². The number of carbonyl (C=O) groups is 2. The van der Waals surface area contributed by atoms with Crippen molar-refractivity contribution >= 4 is 37.8 Å². The van der Waals surface area contributed by atoms with Gasteiger partial charge < -0.3 is 10.2 Å². The molecule has 1 unspecified atom stereocenters. The van der Waals surface area contributed by atoms with Gasteiger partial charge in [-0.2, -0.15) is 0 Å². The summed E-state index contributed by atoms with van der Waals surface area (Å²) < 4.78 is 28.2. The summed E-state index contributed by atoms with van der Waals surface area (Å²) in [6.07, 6.45) is 6.12. The van der Waals surface area contributed by atoms with E-state index in [1.165, 1.54) is 17.8 Å². The molecule has 1 fully saturated rings. The van der Waals surface area contributed by atoms with Crippen LogP contribution in [0.25, 0.3) is 0 Å². The molecule has 4 rings (SSSR count). The molecule has 0 aromatic heterocycles. The van der Waals surface area contributed by atoms with E-state index in [2.05, 4.69) is 21.2 Å². The Morgan fingerprint density at radius 3 is 2.14 bits per heavy atom. The SMILES string of the molecule is CN(CCCC(=O)N(Cc1ccc(Br)cc1)C(Cc1ccccc1)C(=O)NC1CCCCC1)S(=O)(=O)c1ccccc1. The minimum atomic E-state index is -3.66. The minimum absolute atomic E-state index is 0.117. The summed E-state index contributed by atoms with van der Waals surface area (Å²) in [5.74, 6) is -0.317. The molecule has 0 aliphatic heterocycles. The number of carbonyl (C=O) groups excluding carboxylic acids is 2. The van der Waals surface area contributed by atoms with Gasteiger partial charge in [-0.25, -0.2) is 12.7 Å². The van der Waals surface area contributed by atoms with Gasteiger partial charge in [-0.3, -0.25) is 9.59 Å². The summed E-state index contributed by atoms with van der Waals surface area (Å²) in [7, 11) is -2.13. The second kappa shape index (κ2) is 15.5. The topological polar surface area (TPSA) is 86.8 Å². The molecule has 0 saturated heterocycles. The lowest BCUT2D eigenvalue weighted by molar-refractivity contribution is -0.141. The molecule has 9 heteroatoms. The Kier molecular flexibility index (Phi) is 11.7. The summed E-state index contributed by atoms with van der Waals surface area (Å²) in [5, 5.41) is 3.25. The zero-order chi connectivity index (χ0) is 30.0. The van der Waals surface area contributed by atoms with Gasteiger partial charge in [0.25, 0.3) is 0 Å². The monoisotopic (exact) mass is 653 g/mol. The number of nitrogens with zero attached hydrogens (tertiary/aromatic N) is 2. The van der Waals surface area contributed by atoms with E-state index in [1.807, 2.05) is 54.6 Å². The summed E-state index contributed by atoms with van der Waals surface area (Å²) in [6, 6.07) is 25.2. The highest BCUT2D eigenvalue weighted by molar-refractivity contribution is 9.10. The normalized spacial score (nSPS) is 14.8. The van der Waals surface area contributed by atoms with Crippen molar-refractivity contribution in [3.63, 3.8) is 0 Å². The first kappa shape index (κ1) is 31.9. The van der Waals surface area contributed by atoms with Gasteiger partial charge in [-0.05, 0) is 54.7 Å². The van der Waals surface area contributed by atoms with Crippen molar-refractivity contribution in [2.24, 2.45) is 0 Å². The fourth-order valence-electron chi connectivity index (χ4n) is 5.37. The Hall–Kier alpha value is -3.01. The Balaban J connectivity index is 1.54. The van der Waals surface area contributed by atoms with Crippen LogP contribution in [-0.4, -0.2) is 55.1 Å². The van der Waals surface area contributed by atoms with E-state index in [4.69, 9.17) is 0 Å². The molecule has 224 valence electrons. The molecule has 1 atom stereocenters. The van der Waals surface area contributed by atoms with Crippen LogP contribution in [-0.2, 0) is 32.6 Å². The smallest absolute Gasteiger partial charge is 0.243 e. The predicted molar refractivity (Wildman–Crippen MR) is 169 cm³/mol. The molecule has 1 saturated carbocycles. The molecule has 0 bridgehead atoms. The number of halogens is 1. The molecule has 42 heavy (non-hydrogen) atoms. The van der Waals surface area contributed by atoms with Crippen LogP contribution in [0.2, 0.25) is 0 Å². The van der Waals surface area contributed by atoms with E-state index in [0.29, 0.717) is 12.8 Å². The molecular weight excluding hydrogens is 614 g/mol. The Labute approximate surface area is 258 Å². The van der Waals surface area contributed by atoms with E-state index in [-0.39, 0.29) is 42.3 Å². The molecule has 3 aromatic carbocycles. The lowest BCUT2D eigenvalue weighted by Crippen LogP contribution is -2.52. The standard InChI is InChI=1S/C33H40BrN3O4S/c1-36(42(40,41)30-16-9-4-10-17-30)23-11-18-32(38)37(25-27-19-21-28(34)22-20-27)31(24-26-12-5-2-6-13-26)33(39)35-29-14-7-3-8-15-29/h2,4-6,9-10,12-13,16-17,19-22,29,31H,3,7-8,11,14-15,18,23-25H2,1H3,(H,35,39). The summed E-state index contributed by atoms with van der Waals surface area (Å²) >= 11 is 3.47. The highest BCUT2D eigenvalue weighted by atomic mass is 79.9. The molecule has 2 amide bonds. The lowest BCUT2D eigenvalue weighted by Gasteiger charge is -2.33. The van der Waals surface area contributed by atoms with Crippen molar-refractivity contribution in [2.45, 2.75) is 74.9 Å². The van der Waals surface area contributed by atoms with Gasteiger partial charge in [0, 0.05) is 43.5 Å². The molecule has 0 spiro atoms. The van der Waals surface area contributed by atoms with Gasteiger partial charge in [0.05, 0.1) is 4.90 Å². The van der Waals surface area contributed by atoms with Crippen molar-refractivity contribution in [2.75, 3.05) is 13.6 Å². The Morgan fingerprint density at radius 1 is 0.881 bits per heavy atom. The van der Waals surface area contributed by atoms with E-state index < -0.39 is 16.1 Å². The third-order valence-corrected chi connectivity index (χ3v) is 10.2. The first-order valence-corrected chi connectivity index (χ1v) is 16.9. The molecule has 1 aliphatic carbocycles. The van der Waals surface area contributed by atoms with Crippen LogP contribution in [0.5, 0.6) is 0 Å². The predicted octanol–water partition coefficient (Wildman–Crippen LogP) is 5.94. The third-order valence-electron chi connectivity index (χ3n) is 7.80. The number of hydrogen-bond acceptors (Lipinski definition) is 4. The van der Waals surface area contributed by atoms with Gasteiger partial charge in [-0.1, -0.05) is 95.9 Å². The van der Waals surface area contributed by atoms with Crippen molar-refractivity contribution in [3.05, 3.63) is 101 Å². The Bertz CT molecular complexity index is 1400. The maximum atomic E-state index is 13.9. The first-order valence-electron chi connectivity index (χ1n) is 14.6. The van der Waals surface area contributed by atoms with Crippen LogP contribution in [0, 0.1) is 0 Å². The van der Waals surface area contributed by atoms with Crippen molar-refractivity contribution in [1.29, 1.82) is 0 Å². The van der Waals surface area contributed by atoms with Crippen LogP contribution in [0.1, 0.15) is 56.1 Å². The van der Waals surface area contributed by atoms with Crippen molar-refractivity contribution in [3.8, 4) is 0 Å².